The molecule has 0 fully saturated rings. The molecule has 0 amide bonds. The standard InChI is InChI=1S/C28H31NO6/c1-18-25(28(31)34-15-14-32-2)26(27-21(29-18)10-7-11-22(27)30)20-12-13-23(24(16-20)33-3)35-17-19-8-5-4-6-9-19/h4-6,8-9,12-13,16,26,29H,7,10-11,14-15,17H2,1-3H3. The molecule has 2 aromatic carbocycles. The Morgan fingerprint density at radius 1 is 1.03 bits per heavy atom. The molecular weight excluding hydrogens is 446 g/mol. The molecule has 0 saturated heterocycles. The van der Waals surface area contributed by atoms with Crippen molar-refractivity contribution >= 4 is 11.8 Å². The second kappa shape index (κ2) is 11.2. The van der Waals surface area contributed by atoms with Crippen molar-refractivity contribution < 1.29 is 28.5 Å². The van der Waals surface area contributed by atoms with Crippen molar-refractivity contribution in [3.05, 3.63) is 82.2 Å². The van der Waals surface area contributed by atoms with Gasteiger partial charge < -0.3 is 24.3 Å². The number of carbonyl (C=O) groups excluding carboxylic acids is 2. The lowest BCUT2D eigenvalue weighted by Gasteiger charge is -2.34. The average Bonchev–Trinajstić information content (AvgIpc) is 2.87. The van der Waals surface area contributed by atoms with Crippen LogP contribution in [0.25, 0.3) is 0 Å². The maximum atomic E-state index is 13.2. The summed E-state index contributed by atoms with van der Waals surface area (Å²) in [7, 11) is 3.13. The van der Waals surface area contributed by atoms with E-state index in [9.17, 15) is 9.59 Å². The third kappa shape index (κ3) is 5.41. The van der Waals surface area contributed by atoms with Crippen LogP contribution in [0.4, 0.5) is 0 Å². The molecule has 7 heteroatoms. The summed E-state index contributed by atoms with van der Waals surface area (Å²) in [4.78, 5) is 26.2. The number of esters is 1. The van der Waals surface area contributed by atoms with Gasteiger partial charge in [-0.15, -0.1) is 0 Å². The van der Waals surface area contributed by atoms with E-state index in [1.165, 1.54) is 0 Å². The number of rotatable bonds is 9. The zero-order valence-corrected chi connectivity index (χ0v) is 20.4. The van der Waals surface area contributed by atoms with E-state index >= 15 is 0 Å². The third-order valence-electron chi connectivity index (χ3n) is 6.27. The van der Waals surface area contributed by atoms with Crippen LogP contribution < -0.4 is 14.8 Å². The Bertz CT molecular complexity index is 1150. The van der Waals surface area contributed by atoms with E-state index in [0.29, 0.717) is 48.0 Å². The van der Waals surface area contributed by atoms with E-state index in [1.54, 1.807) is 14.2 Å². The van der Waals surface area contributed by atoms with Crippen molar-refractivity contribution in [1.82, 2.24) is 5.32 Å². The number of ketones is 1. The highest BCUT2D eigenvalue weighted by Crippen LogP contribution is 2.44. The van der Waals surface area contributed by atoms with E-state index in [1.807, 2.05) is 55.5 Å². The minimum Gasteiger partial charge on any atom is -0.493 e. The molecule has 35 heavy (non-hydrogen) atoms. The first-order valence-electron chi connectivity index (χ1n) is 11.8. The summed E-state index contributed by atoms with van der Waals surface area (Å²) in [6.07, 6.45) is 2.00. The zero-order chi connectivity index (χ0) is 24.8. The predicted molar refractivity (Wildman–Crippen MR) is 131 cm³/mol. The molecule has 4 rings (SSSR count). The quantitative estimate of drug-likeness (QED) is 0.423. The largest absolute Gasteiger partial charge is 0.493 e. The minimum atomic E-state index is -0.550. The van der Waals surface area contributed by atoms with Crippen LogP contribution in [0.15, 0.2) is 71.1 Å². The number of dihydropyridines is 1. The number of Topliss-reactive ketones (excluding diaryl/α,β-unsaturated/α-hetero) is 1. The summed E-state index contributed by atoms with van der Waals surface area (Å²) in [6, 6.07) is 15.4. The predicted octanol–water partition coefficient (Wildman–Crippen LogP) is 4.43. The van der Waals surface area contributed by atoms with Gasteiger partial charge in [-0.3, -0.25) is 4.79 Å². The lowest BCUT2D eigenvalue weighted by Crippen LogP contribution is -2.34. The Morgan fingerprint density at radius 2 is 1.83 bits per heavy atom. The Morgan fingerprint density at radius 3 is 2.57 bits per heavy atom. The van der Waals surface area contributed by atoms with E-state index in [0.717, 1.165) is 29.7 Å². The summed E-state index contributed by atoms with van der Waals surface area (Å²) in [5.74, 6) is 0.147. The molecule has 2 aliphatic rings. The van der Waals surface area contributed by atoms with E-state index < -0.39 is 11.9 Å². The SMILES string of the molecule is COCCOC(=O)C1=C(C)NC2=C(C(=O)CCC2)C1c1ccc(OCc2ccccc2)c(OC)c1. The molecule has 184 valence electrons. The highest BCUT2D eigenvalue weighted by Gasteiger charge is 2.39. The molecule has 1 N–H and O–H groups in total. The number of hydrogen-bond acceptors (Lipinski definition) is 7. The molecule has 0 radical (unpaired) electrons. The van der Waals surface area contributed by atoms with Gasteiger partial charge in [0.25, 0.3) is 0 Å². The monoisotopic (exact) mass is 477 g/mol. The van der Waals surface area contributed by atoms with Crippen LogP contribution in [0.1, 0.15) is 43.2 Å². The lowest BCUT2D eigenvalue weighted by molar-refractivity contribution is -0.140. The molecule has 7 nitrogen and oxygen atoms in total. The summed E-state index contributed by atoms with van der Waals surface area (Å²) >= 11 is 0. The maximum Gasteiger partial charge on any atom is 0.336 e. The van der Waals surface area contributed by atoms with E-state index in [2.05, 4.69) is 5.32 Å². The first-order valence-corrected chi connectivity index (χ1v) is 11.8. The molecule has 2 aromatic rings. The molecule has 1 aliphatic heterocycles. The van der Waals surface area contributed by atoms with Gasteiger partial charge in [0.05, 0.1) is 19.3 Å². The fourth-order valence-electron chi connectivity index (χ4n) is 4.60. The summed E-state index contributed by atoms with van der Waals surface area (Å²) < 4.78 is 22.1. The van der Waals surface area contributed by atoms with Crippen molar-refractivity contribution in [2.24, 2.45) is 0 Å². The summed E-state index contributed by atoms with van der Waals surface area (Å²) in [5, 5.41) is 3.30. The molecular formula is C28H31NO6. The summed E-state index contributed by atoms with van der Waals surface area (Å²) in [6.45, 7) is 2.67. The summed E-state index contributed by atoms with van der Waals surface area (Å²) in [5.41, 5.74) is 4.43. The highest BCUT2D eigenvalue weighted by molar-refractivity contribution is 6.03. The normalized spacial score (nSPS) is 17.6. The first kappa shape index (κ1) is 24.5. The van der Waals surface area contributed by atoms with E-state index in [4.69, 9.17) is 18.9 Å². The van der Waals surface area contributed by atoms with Gasteiger partial charge >= 0.3 is 5.97 Å². The van der Waals surface area contributed by atoms with Gasteiger partial charge in [0.1, 0.15) is 13.2 Å². The Balaban J connectivity index is 1.69. The first-order chi connectivity index (χ1) is 17.0. The Labute approximate surface area is 205 Å². The molecule has 0 spiro atoms. The number of ether oxygens (including phenoxy) is 4. The van der Waals surface area contributed by atoms with Gasteiger partial charge in [0.15, 0.2) is 17.3 Å². The molecule has 1 atom stereocenters. The topological polar surface area (TPSA) is 83.1 Å². The van der Waals surface area contributed by atoms with Crippen LogP contribution >= 0.6 is 0 Å². The van der Waals surface area contributed by atoms with Crippen molar-refractivity contribution in [1.29, 1.82) is 0 Å². The van der Waals surface area contributed by atoms with Crippen LogP contribution in [-0.2, 0) is 25.7 Å². The van der Waals surface area contributed by atoms with E-state index in [-0.39, 0.29) is 12.4 Å². The highest BCUT2D eigenvalue weighted by atomic mass is 16.6. The van der Waals surface area contributed by atoms with Crippen molar-refractivity contribution in [2.45, 2.75) is 38.7 Å². The smallest absolute Gasteiger partial charge is 0.336 e. The minimum absolute atomic E-state index is 0.0433. The van der Waals surface area contributed by atoms with Gasteiger partial charge in [0, 0.05) is 36.4 Å². The number of carbonyl (C=O) groups is 2. The molecule has 0 aromatic heterocycles. The van der Waals surface area contributed by atoms with Crippen LogP contribution in [0.5, 0.6) is 11.5 Å². The van der Waals surface area contributed by atoms with Gasteiger partial charge in [-0.05, 0) is 43.0 Å². The number of hydrogen-bond donors (Lipinski definition) is 1. The van der Waals surface area contributed by atoms with Crippen molar-refractivity contribution in [3.8, 4) is 11.5 Å². The average molecular weight is 478 g/mol. The number of allylic oxidation sites excluding steroid dienone is 3. The Hall–Kier alpha value is -3.58. The number of benzene rings is 2. The third-order valence-corrected chi connectivity index (χ3v) is 6.27. The van der Waals surface area contributed by atoms with Crippen LogP contribution in [0, 0.1) is 0 Å². The number of methoxy groups -OCH3 is 2. The van der Waals surface area contributed by atoms with Gasteiger partial charge in [-0.25, -0.2) is 4.79 Å². The number of nitrogens with one attached hydrogen (secondary N) is 1. The van der Waals surface area contributed by atoms with Gasteiger partial charge in [-0.2, -0.15) is 0 Å². The Kier molecular flexibility index (Phi) is 7.87. The fourth-order valence-corrected chi connectivity index (χ4v) is 4.60. The van der Waals surface area contributed by atoms with Crippen molar-refractivity contribution in [2.75, 3.05) is 27.4 Å². The maximum absolute atomic E-state index is 13.2. The van der Waals surface area contributed by atoms with Crippen LogP contribution in [0.3, 0.4) is 0 Å². The lowest BCUT2D eigenvalue weighted by atomic mass is 9.75. The fraction of sp³-hybridized carbons (Fsp3) is 0.357. The van der Waals surface area contributed by atoms with Crippen LogP contribution in [0.2, 0.25) is 0 Å². The van der Waals surface area contributed by atoms with Gasteiger partial charge in [0.2, 0.25) is 0 Å². The molecule has 0 bridgehead atoms. The van der Waals surface area contributed by atoms with Gasteiger partial charge in [-0.1, -0.05) is 36.4 Å². The molecule has 1 aliphatic carbocycles. The van der Waals surface area contributed by atoms with Crippen molar-refractivity contribution in [3.63, 3.8) is 0 Å². The molecule has 1 heterocycles. The molecule has 0 saturated carbocycles. The second-order valence-corrected chi connectivity index (χ2v) is 8.58. The molecule has 1 unspecified atom stereocenters. The van der Waals surface area contributed by atoms with Crippen LogP contribution in [-0.4, -0.2) is 39.2 Å². The second-order valence-electron chi connectivity index (χ2n) is 8.58. The zero-order valence-electron chi connectivity index (χ0n) is 20.4.